The lowest BCUT2D eigenvalue weighted by Crippen LogP contribution is -2.15. The van der Waals surface area contributed by atoms with E-state index in [0.717, 1.165) is 18.4 Å². The molecule has 0 heterocycles. The number of allylic oxidation sites excluding steroid dienone is 1. The number of rotatable bonds is 9. The minimum absolute atomic E-state index is 0.00737. The first-order valence-corrected chi connectivity index (χ1v) is 8.00. The van der Waals surface area contributed by atoms with Crippen LogP contribution in [0.15, 0.2) is 59.7 Å². The van der Waals surface area contributed by atoms with Crippen LogP contribution in [0.3, 0.4) is 0 Å². The zero-order valence-corrected chi connectivity index (χ0v) is 14.2. The predicted octanol–water partition coefficient (Wildman–Crippen LogP) is 4.55. The molecule has 0 aliphatic heterocycles. The lowest BCUT2D eigenvalue weighted by atomic mass is 9.86. The smallest absolute Gasteiger partial charge is 0.335 e. The Morgan fingerprint density at radius 3 is 2.29 bits per heavy atom. The van der Waals surface area contributed by atoms with Gasteiger partial charge in [-0.15, -0.1) is 0 Å². The van der Waals surface area contributed by atoms with Gasteiger partial charge < -0.3 is 10.2 Å². The van der Waals surface area contributed by atoms with Crippen LogP contribution in [-0.4, -0.2) is 22.2 Å². The third kappa shape index (κ3) is 5.54. The zero-order chi connectivity index (χ0) is 18.1. The van der Waals surface area contributed by atoms with E-state index in [9.17, 15) is 14.7 Å². The fraction of sp³-hybridized carbons (Fsp3) is 0.300. The second kappa shape index (κ2) is 9.50. The van der Waals surface area contributed by atoms with Crippen molar-refractivity contribution in [2.45, 2.75) is 33.1 Å². The fourth-order valence-corrected chi connectivity index (χ4v) is 2.41. The van der Waals surface area contributed by atoms with E-state index in [2.05, 4.69) is 6.58 Å². The van der Waals surface area contributed by atoms with E-state index in [1.165, 1.54) is 0 Å². The molecule has 0 bridgehead atoms. The second-order valence-electron chi connectivity index (χ2n) is 5.64. The number of aliphatic carboxylic acids is 2. The van der Waals surface area contributed by atoms with E-state index in [-0.39, 0.29) is 11.1 Å². The van der Waals surface area contributed by atoms with E-state index in [1.807, 2.05) is 37.3 Å². The maximum atomic E-state index is 11.7. The summed E-state index contributed by atoms with van der Waals surface area (Å²) in [6.45, 7) is 7.30. The molecule has 128 valence electrons. The largest absolute Gasteiger partial charge is 0.478 e. The molecule has 4 heteroatoms. The molecule has 0 aliphatic carbocycles. The Morgan fingerprint density at radius 2 is 1.79 bits per heavy atom. The highest BCUT2D eigenvalue weighted by molar-refractivity contribution is 5.93. The minimum atomic E-state index is -1.10. The van der Waals surface area contributed by atoms with Gasteiger partial charge in [-0.05, 0) is 30.1 Å². The van der Waals surface area contributed by atoms with Crippen molar-refractivity contribution in [1.29, 1.82) is 0 Å². The van der Waals surface area contributed by atoms with Gasteiger partial charge in [-0.1, -0.05) is 63.3 Å². The summed E-state index contributed by atoms with van der Waals surface area (Å²) in [7, 11) is 0. The first-order valence-electron chi connectivity index (χ1n) is 8.00. The SMILES string of the molecule is C=C(C(=O)O)C(C)C(CCCC)=C(C=Cc1ccccc1)C(=O)O. The molecule has 0 fully saturated rings. The summed E-state index contributed by atoms with van der Waals surface area (Å²) < 4.78 is 0. The molecule has 1 aromatic rings. The number of unbranched alkanes of at least 4 members (excludes halogenated alkanes) is 1. The van der Waals surface area contributed by atoms with Gasteiger partial charge in [-0.25, -0.2) is 9.59 Å². The molecular formula is C20H24O4. The lowest BCUT2D eigenvalue weighted by molar-refractivity contribution is -0.134. The van der Waals surface area contributed by atoms with Crippen molar-refractivity contribution in [2.75, 3.05) is 0 Å². The molecule has 4 nitrogen and oxygen atoms in total. The Morgan fingerprint density at radius 1 is 1.17 bits per heavy atom. The molecule has 1 unspecified atom stereocenters. The normalized spacial score (nSPS) is 13.4. The van der Waals surface area contributed by atoms with Crippen molar-refractivity contribution in [3.05, 3.63) is 65.3 Å². The van der Waals surface area contributed by atoms with Crippen molar-refractivity contribution >= 4 is 18.0 Å². The molecule has 0 aromatic heterocycles. The lowest BCUT2D eigenvalue weighted by Gasteiger charge is -2.18. The van der Waals surface area contributed by atoms with Crippen LogP contribution < -0.4 is 0 Å². The summed E-state index contributed by atoms with van der Waals surface area (Å²) >= 11 is 0. The number of hydrogen-bond donors (Lipinski definition) is 2. The van der Waals surface area contributed by atoms with Crippen molar-refractivity contribution in [2.24, 2.45) is 5.92 Å². The maximum Gasteiger partial charge on any atom is 0.335 e. The third-order valence-electron chi connectivity index (χ3n) is 3.94. The van der Waals surface area contributed by atoms with E-state index >= 15 is 0 Å². The van der Waals surface area contributed by atoms with Gasteiger partial charge in [-0.3, -0.25) is 0 Å². The molecule has 0 amide bonds. The molecule has 1 rings (SSSR count). The summed E-state index contributed by atoms with van der Waals surface area (Å²) in [6, 6.07) is 9.38. The second-order valence-corrected chi connectivity index (χ2v) is 5.64. The molecule has 0 saturated carbocycles. The van der Waals surface area contributed by atoms with Crippen molar-refractivity contribution in [1.82, 2.24) is 0 Å². The van der Waals surface area contributed by atoms with Crippen LogP contribution in [0.4, 0.5) is 0 Å². The van der Waals surface area contributed by atoms with Crippen LogP contribution in [0.1, 0.15) is 38.7 Å². The quantitative estimate of drug-likeness (QED) is 0.515. The molecule has 1 aromatic carbocycles. The highest BCUT2D eigenvalue weighted by atomic mass is 16.4. The van der Waals surface area contributed by atoms with Crippen LogP contribution in [0.25, 0.3) is 6.08 Å². The Hall–Kier alpha value is -2.62. The van der Waals surface area contributed by atoms with Crippen LogP contribution in [-0.2, 0) is 9.59 Å². The van der Waals surface area contributed by atoms with Gasteiger partial charge in [0.05, 0.1) is 5.57 Å². The van der Waals surface area contributed by atoms with Crippen LogP contribution in [0.2, 0.25) is 0 Å². The molecule has 0 saturated heterocycles. The fourth-order valence-electron chi connectivity index (χ4n) is 2.41. The third-order valence-corrected chi connectivity index (χ3v) is 3.94. The van der Waals surface area contributed by atoms with E-state index in [0.29, 0.717) is 12.0 Å². The molecule has 24 heavy (non-hydrogen) atoms. The van der Waals surface area contributed by atoms with E-state index in [4.69, 9.17) is 5.11 Å². The monoisotopic (exact) mass is 328 g/mol. The highest BCUT2D eigenvalue weighted by Gasteiger charge is 2.22. The van der Waals surface area contributed by atoms with E-state index < -0.39 is 17.9 Å². The van der Waals surface area contributed by atoms with Crippen molar-refractivity contribution in [3.8, 4) is 0 Å². The van der Waals surface area contributed by atoms with Gasteiger partial charge in [0, 0.05) is 11.5 Å². The molecular weight excluding hydrogens is 304 g/mol. The van der Waals surface area contributed by atoms with E-state index in [1.54, 1.807) is 19.1 Å². The summed E-state index contributed by atoms with van der Waals surface area (Å²) in [5.74, 6) is -2.69. The summed E-state index contributed by atoms with van der Waals surface area (Å²) in [5, 5.41) is 18.8. The zero-order valence-electron chi connectivity index (χ0n) is 14.2. The predicted molar refractivity (Wildman–Crippen MR) is 95.6 cm³/mol. The molecule has 0 aliphatic rings. The Balaban J connectivity index is 3.30. The summed E-state index contributed by atoms with van der Waals surface area (Å²) in [5.41, 5.74) is 1.63. The topological polar surface area (TPSA) is 74.6 Å². The van der Waals surface area contributed by atoms with Crippen LogP contribution in [0.5, 0.6) is 0 Å². The minimum Gasteiger partial charge on any atom is -0.478 e. The van der Waals surface area contributed by atoms with Crippen LogP contribution >= 0.6 is 0 Å². The van der Waals surface area contributed by atoms with Crippen molar-refractivity contribution < 1.29 is 19.8 Å². The first kappa shape index (κ1) is 19.4. The number of carbonyl (C=O) groups is 2. The van der Waals surface area contributed by atoms with Crippen molar-refractivity contribution in [3.63, 3.8) is 0 Å². The Bertz CT molecular complexity index is 653. The van der Waals surface area contributed by atoms with Gasteiger partial charge in [-0.2, -0.15) is 0 Å². The Labute approximate surface area is 142 Å². The van der Waals surface area contributed by atoms with Gasteiger partial charge in [0.25, 0.3) is 0 Å². The van der Waals surface area contributed by atoms with Gasteiger partial charge in [0.2, 0.25) is 0 Å². The molecule has 0 spiro atoms. The summed E-state index contributed by atoms with van der Waals surface area (Å²) in [6.07, 6.45) is 5.50. The Kier molecular flexibility index (Phi) is 7.69. The van der Waals surface area contributed by atoms with Crippen LogP contribution in [0, 0.1) is 5.92 Å². The van der Waals surface area contributed by atoms with Gasteiger partial charge >= 0.3 is 11.9 Å². The molecule has 0 radical (unpaired) electrons. The highest BCUT2D eigenvalue weighted by Crippen LogP contribution is 2.28. The number of carboxylic acids is 2. The van der Waals surface area contributed by atoms with Gasteiger partial charge in [0.15, 0.2) is 0 Å². The average molecular weight is 328 g/mol. The molecule has 1 atom stereocenters. The first-order chi connectivity index (χ1) is 11.4. The molecule has 2 N–H and O–H groups in total. The number of hydrogen-bond acceptors (Lipinski definition) is 2. The standard InChI is InChI=1S/C20H24O4/c1-4-5-11-17(14(2)15(3)19(21)22)18(20(23)24)13-12-16-9-7-6-8-10-16/h6-10,12-14H,3-5,11H2,1-2H3,(H,21,22)(H,23,24). The average Bonchev–Trinajstić information content (AvgIpc) is 2.57. The summed E-state index contributed by atoms with van der Waals surface area (Å²) in [4.78, 5) is 22.9. The maximum absolute atomic E-state index is 11.7. The number of benzene rings is 1. The van der Waals surface area contributed by atoms with Gasteiger partial charge in [0.1, 0.15) is 0 Å². The number of carboxylic acid groups (broad SMARTS) is 2.